The number of quaternary nitrogens is 1. The van der Waals surface area contributed by atoms with Crippen LogP contribution in [0.2, 0.25) is 0 Å². The number of para-hydroxylation sites is 1. The molecule has 1 aliphatic heterocycles. The topological polar surface area (TPSA) is 88.9 Å². The Hall–Kier alpha value is -3.19. The molecule has 3 rings (SSSR count). The second kappa shape index (κ2) is 9.84. The van der Waals surface area contributed by atoms with E-state index in [0.717, 1.165) is 36.5 Å². The molecule has 0 unspecified atom stereocenters. The van der Waals surface area contributed by atoms with Gasteiger partial charge in [-0.05, 0) is 36.4 Å². The summed E-state index contributed by atoms with van der Waals surface area (Å²) in [6.07, 6.45) is 1.52. The van der Waals surface area contributed by atoms with Crippen LogP contribution >= 0.6 is 0 Å². The summed E-state index contributed by atoms with van der Waals surface area (Å²) in [5, 5.41) is 5.81. The molecule has 0 saturated carbocycles. The van der Waals surface area contributed by atoms with E-state index in [-0.39, 0.29) is 17.7 Å². The van der Waals surface area contributed by atoms with Gasteiger partial charge >= 0.3 is 5.97 Å². The lowest BCUT2D eigenvalue weighted by Crippen LogP contribution is -3.14. The van der Waals surface area contributed by atoms with Crippen molar-refractivity contribution in [1.82, 2.24) is 0 Å². The lowest BCUT2D eigenvalue weighted by atomic mass is 9.96. The zero-order chi connectivity index (χ0) is 20.6. The molecule has 0 aromatic heterocycles. The van der Waals surface area contributed by atoms with Gasteiger partial charge in [-0.3, -0.25) is 9.59 Å². The van der Waals surface area contributed by atoms with E-state index < -0.39 is 5.97 Å². The van der Waals surface area contributed by atoms with Crippen LogP contribution in [-0.2, 0) is 14.3 Å². The first-order valence-electron chi connectivity index (χ1n) is 9.73. The normalized spacial score (nSPS) is 18.5. The fraction of sp³-hybridized carbons (Fsp3) is 0.318. The number of amides is 2. The zero-order valence-electron chi connectivity index (χ0n) is 16.4. The Morgan fingerprint density at radius 2 is 1.55 bits per heavy atom. The van der Waals surface area contributed by atoms with Crippen LogP contribution in [0.1, 0.15) is 23.2 Å². The van der Waals surface area contributed by atoms with Gasteiger partial charge in [0.25, 0.3) is 5.91 Å². The smallest absolute Gasteiger partial charge is 0.337 e. The van der Waals surface area contributed by atoms with Crippen LogP contribution in [0.5, 0.6) is 0 Å². The van der Waals surface area contributed by atoms with E-state index in [1.54, 1.807) is 24.3 Å². The lowest BCUT2D eigenvalue weighted by Gasteiger charge is -2.28. The van der Waals surface area contributed by atoms with E-state index in [0.29, 0.717) is 17.8 Å². The van der Waals surface area contributed by atoms with Gasteiger partial charge in [0, 0.05) is 30.1 Å². The first kappa shape index (κ1) is 20.5. The minimum absolute atomic E-state index is 0.0205. The number of piperidine rings is 1. The predicted octanol–water partition coefficient (Wildman–Crippen LogP) is 1.35. The number of esters is 1. The summed E-state index contributed by atoms with van der Waals surface area (Å²) in [4.78, 5) is 37.3. The van der Waals surface area contributed by atoms with Gasteiger partial charge in [-0.1, -0.05) is 18.2 Å². The molecule has 2 amide bonds. The molecular weight excluding hydrogens is 370 g/mol. The van der Waals surface area contributed by atoms with E-state index in [2.05, 4.69) is 15.4 Å². The Morgan fingerprint density at radius 1 is 0.931 bits per heavy atom. The summed E-state index contributed by atoms with van der Waals surface area (Å²) in [6, 6.07) is 16.0. The van der Waals surface area contributed by atoms with Gasteiger partial charge in [0.15, 0.2) is 6.54 Å². The molecule has 0 atom stereocenters. The van der Waals surface area contributed by atoms with Crippen LogP contribution in [0.25, 0.3) is 0 Å². The number of ether oxygens (including phenoxy) is 1. The highest BCUT2D eigenvalue weighted by atomic mass is 16.5. The number of nitrogens with one attached hydrogen (secondary N) is 3. The quantitative estimate of drug-likeness (QED) is 0.643. The van der Waals surface area contributed by atoms with Crippen molar-refractivity contribution in [1.29, 1.82) is 0 Å². The highest BCUT2D eigenvalue weighted by Crippen LogP contribution is 2.14. The van der Waals surface area contributed by atoms with E-state index in [1.165, 1.54) is 7.11 Å². The molecule has 0 radical (unpaired) electrons. The number of likely N-dealkylation sites (tertiary alicyclic amines) is 1. The SMILES string of the molecule is COC(=O)c1ccc(NC(=O)C[NH+]2CCC(C(=O)Nc3ccccc3)CC2)cc1. The Labute approximate surface area is 170 Å². The molecule has 0 aliphatic carbocycles. The molecule has 2 aromatic carbocycles. The lowest BCUT2D eigenvalue weighted by molar-refractivity contribution is -0.897. The number of methoxy groups -OCH3 is 1. The van der Waals surface area contributed by atoms with Crippen molar-refractivity contribution in [3.8, 4) is 0 Å². The summed E-state index contributed by atoms with van der Waals surface area (Å²) in [6.45, 7) is 1.91. The van der Waals surface area contributed by atoms with Crippen LogP contribution in [-0.4, -0.2) is 44.5 Å². The van der Waals surface area contributed by atoms with Crippen molar-refractivity contribution in [3.05, 3.63) is 60.2 Å². The molecule has 1 aliphatic rings. The van der Waals surface area contributed by atoms with Crippen molar-refractivity contribution in [3.63, 3.8) is 0 Å². The minimum Gasteiger partial charge on any atom is -0.465 e. The molecule has 2 aromatic rings. The summed E-state index contributed by atoms with van der Waals surface area (Å²) in [5.41, 5.74) is 1.89. The van der Waals surface area contributed by atoms with Crippen molar-refractivity contribution < 1.29 is 24.0 Å². The molecule has 7 nitrogen and oxygen atoms in total. The summed E-state index contributed by atoms with van der Waals surface area (Å²) in [5.74, 6) is -0.470. The largest absolute Gasteiger partial charge is 0.465 e. The van der Waals surface area contributed by atoms with E-state index in [4.69, 9.17) is 0 Å². The summed E-state index contributed by atoms with van der Waals surface area (Å²) < 4.78 is 4.66. The molecule has 29 heavy (non-hydrogen) atoms. The first-order chi connectivity index (χ1) is 14.0. The maximum Gasteiger partial charge on any atom is 0.337 e. The Kier molecular flexibility index (Phi) is 6.97. The van der Waals surface area contributed by atoms with Gasteiger partial charge in [-0.25, -0.2) is 4.79 Å². The third-order valence-corrected chi connectivity index (χ3v) is 5.11. The molecular formula is C22H26N3O4+. The second-order valence-corrected chi connectivity index (χ2v) is 7.17. The highest BCUT2D eigenvalue weighted by molar-refractivity contribution is 5.94. The maximum atomic E-state index is 12.4. The van der Waals surface area contributed by atoms with Crippen LogP contribution < -0.4 is 15.5 Å². The van der Waals surface area contributed by atoms with Crippen LogP contribution in [0.3, 0.4) is 0 Å². The molecule has 0 spiro atoms. The average Bonchev–Trinajstić information content (AvgIpc) is 2.75. The Balaban J connectivity index is 1.42. The molecule has 1 fully saturated rings. The third-order valence-electron chi connectivity index (χ3n) is 5.11. The first-order valence-corrected chi connectivity index (χ1v) is 9.73. The summed E-state index contributed by atoms with van der Waals surface area (Å²) >= 11 is 0. The van der Waals surface area contributed by atoms with E-state index >= 15 is 0 Å². The Bertz CT molecular complexity index is 844. The summed E-state index contributed by atoms with van der Waals surface area (Å²) in [7, 11) is 1.33. The van der Waals surface area contributed by atoms with Gasteiger partial charge in [0.1, 0.15) is 0 Å². The fourth-order valence-electron chi connectivity index (χ4n) is 3.47. The molecule has 152 valence electrons. The van der Waals surface area contributed by atoms with Crippen LogP contribution in [0, 0.1) is 5.92 Å². The van der Waals surface area contributed by atoms with E-state index in [9.17, 15) is 14.4 Å². The number of rotatable bonds is 6. The van der Waals surface area contributed by atoms with Gasteiger partial charge in [-0.15, -0.1) is 0 Å². The number of anilines is 2. The number of hydrogen-bond acceptors (Lipinski definition) is 4. The second-order valence-electron chi connectivity index (χ2n) is 7.17. The zero-order valence-corrected chi connectivity index (χ0v) is 16.4. The minimum atomic E-state index is -0.411. The predicted molar refractivity (Wildman–Crippen MR) is 110 cm³/mol. The van der Waals surface area contributed by atoms with Gasteiger partial charge < -0.3 is 20.3 Å². The van der Waals surface area contributed by atoms with E-state index in [1.807, 2.05) is 30.3 Å². The third kappa shape index (κ3) is 5.89. The average molecular weight is 396 g/mol. The molecule has 0 bridgehead atoms. The molecule has 3 N–H and O–H groups in total. The van der Waals surface area contributed by atoms with Crippen LogP contribution in [0.15, 0.2) is 54.6 Å². The van der Waals surface area contributed by atoms with Crippen molar-refractivity contribution in [2.24, 2.45) is 5.92 Å². The monoisotopic (exact) mass is 396 g/mol. The van der Waals surface area contributed by atoms with Gasteiger partial charge in [0.05, 0.1) is 25.8 Å². The standard InChI is InChI=1S/C22H25N3O4/c1-29-22(28)17-7-9-19(10-8-17)23-20(26)15-25-13-11-16(12-14-25)21(27)24-18-5-3-2-4-6-18/h2-10,16H,11-15H2,1H3,(H,23,26)(H,24,27)/p+1. The van der Waals surface area contributed by atoms with Crippen molar-refractivity contribution >= 4 is 29.2 Å². The fourth-order valence-corrected chi connectivity index (χ4v) is 3.47. The number of carbonyl (C=O) groups is 3. The van der Waals surface area contributed by atoms with Gasteiger partial charge in [0.2, 0.25) is 5.91 Å². The molecule has 1 saturated heterocycles. The van der Waals surface area contributed by atoms with Crippen LogP contribution in [0.4, 0.5) is 11.4 Å². The number of hydrogen-bond donors (Lipinski definition) is 3. The number of carbonyl (C=O) groups excluding carboxylic acids is 3. The molecule has 1 heterocycles. The Morgan fingerprint density at radius 3 is 2.17 bits per heavy atom. The van der Waals surface area contributed by atoms with Gasteiger partial charge in [-0.2, -0.15) is 0 Å². The van der Waals surface area contributed by atoms with Crippen molar-refractivity contribution in [2.75, 3.05) is 37.4 Å². The molecule has 7 heteroatoms. The number of benzene rings is 2. The highest BCUT2D eigenvalue weighted by Gasteiger charge is 2.28. The van der Waals surface area contributed by atoms with Crippen molar-refractivity contribution in [2.45, 2.75) is 12.8 Å². The maximum absolute atomic E-state index is 12.4.